The Balaban J connectivity index is 1.86. The van der Waals surface area contributed by atoms with Gasteiger partial charge in [-0.1, -0.05) is 48.5 Å². The van der Waals surface area contributed by atoms with E-state index in [0.29, 0.717) is 17.1 Å². The Morgan fingerprint density at radius 2 is 1.70 bits per heavy atom. The molecular weight excluding hydrogens is 338 g/mol. The number of fused-ring (bicyclic) bond motifs is 1. The van der Waals surface area contributed by atoms with E-state index >= 15 is 0 Å². The number of rotatable bonds is 4. The molecule has 0 unspecified atom stereocenters. The van der Waals surface area contributed by atoms with Crippen LogP contribution in [0.1, 0.15) is 16.1 Å². The number of nitrogens with zero attached hydrogens (tertiary/aromatic N) is 2. The second kappa shape index (κ2) is 6.96. The smallest absolute Gasteiger partial charge is 0.260 e. The van der Waals surface area contributed by atoms with Gasteiger partial charge in [-0.25, -0.2) is 4.98 Å². The third-order valence-electron chi connectivity index (χ3n) is 4.47. The van der Waals surface area contributed by atoms with Gasteiger partial charge in [0.25, 0.3) is 5.91 Å². The lowest BCUT2D eigenvalue weighted by Gasteiger charge is -2.11. The normalized spacial score (nSPS) is 10.7. The van der Waals surface area contributed by atoms with Gasteiger partial charge in [-0.2, -0.15) is 0 Å². The van der Waals surface area contributed by atoms with Crippen molar-refractivity contribution in [2.24, 2.45) is 0 Å². The maximum atomic E-state index is 13.0. The van der Waals surface area contributed by atoms with Gasteiger partial charge in [0.2, 0.25) is 0 Å². The van der Waals surface area contributed by atoms with Crippen molar-refractivity contribution in [2.75, 3.05) is 12.4 Å². The van der Waals surface area contributed by atoms with Crippen LogP contribution in [0.25, 0.3) is 16.9 Å². The van der Waals surface area contributed by atoms with Crippen molar-refractivity contribution in [1.82, 2.24) is 9.38 Å². The molecule has 1 N–H and O–H groups in total. The first-order valence-electron chi connectivity index (χ1n) is 8.67. The van der Waals surface area contributed by atoms with Crippen LogP contribution in [-0.4, -0.2) is 22.4 Å². The van der Waals surface area contributed by atoms with Gasteiger partial charge >= 0.3 is 0 Å². The second-order valence-electron chi connectivity index (χ2n) is 6.19. The van der Waals surface area contributed by atoms with Crippen LogP contribution in [0, 0.1) is 6.92 Å². The van der Waals surface area contributed by atoms with Gasteiger partial charge in [-0.05, 0) is 31.2 Å². The number of amides is 1. The van der Waals surface area contributed by atoms with Gasteiger partial charge in [0.05, 0.1) is 12.7 Å². The van der Waals surface area contributed by atoms with Gasteiger partial charge in [0.1, 0.15) is 22.9 Å². The van der Waals surface area contributed by atoms with E-state index in [-0.39, 0.29) is 5.91 Å². The third kappa shape index (κ3) is 3.04. The van der Waals surface area contributed by atoms with Crippen LogP contribution < -0.4 is 10.1 Å². The minimum atomic E-state index is -0.241. The van der Waals surface area contributed by atoms with Crippen LogP contribution in [0.15, 0.2) is 72.8 Å². The highest BCUT2D eigenvalue weighted by molar-refractivity contribution is 6.07. The predicted molar refractivity (Wildman–Crippen MR) is 106 cm³/mol. The summed E-state index contributed by atoms with van der Waals surface area (Å²) in [5, 5.41) is 3.05. The lowest BCUT2D eigenvalue weighted by atomic mass is 10.1. The molecular formula is C22H19N3O2. The summed E-state index contributed by atoms with van der Waals surface area (Å²) in [5.74, 6) is 0.932. The molecule has 2 aromatic heterocycles. The molecule has 1 amide bonds. The molecule has 2 aromatic carbocycles. The monoisotopic (exact) mass is 357 g/mol. The minimum absolute atomic E-state index is 0.241. The van der Waals surface area contributed by atoms with E-state index in [2.05, 4.69) is 5.32 Å². The molecule has 0 spiro atoms. The fourth-order valence-electron chi connectivity index (χ4n) is 3.17. The summed E-state index contributed by atoms with van der Waals surface area (Å²) < 4.78 is 7.28. The van der Waals surface area contributed by atoms with E-state index in [1.165, 1.54) is 0 Å². The molecule has 0 aliphatic heterocycles. The van der Waals surface area contributed by atoms with E-state index in [1.54, 1.807) is 19.2 Å². The van der Waals surface area contributed by atoms with Crippen molar-refractivity contribution in [3.8, 4) is 17.0 Å². The van der Waals surface area contributed by atoms with Crippen LogP contribution in [0.2, 0.25) is 0 Å². The average Bonchev–Trinajstić information content (AvgIpc) is 3.08. The molecule has 5 heteroatoms. The molecule has 0 saturated heterocycles. The largest absolute Gasteiger partial charge is 0.496 e. The minimum Gasteiger partial charge on any atom is -0.496 e. The van der Waals surface area contributed by atoms with E-state index in [9.17, 15) is 4.79 Å². The number of methoxy groups -OCH3 is 1. The number of benzene rings is 2. The van der Waals surface area contributed by atoms with Gasteiger partial charge in [-0.3, -0.25) is 9.20 Å². The first-order chi connectivity index (χ1) is 13.2. The summed E-state index contributed by atoms with van der Waals surface area (Å²) in [7, 11) is 1.56. The number of carbonyl (C=O) groups is 1. The molecule has 0 aliphatic rings. The zero-order valence-electron chi connectivity index (χ0n) is 15.1. The fourth-order valence-corrected chi connectivity index (χ4v) is 3.17. The van der Waals surface area contributed by atoms with E-state index in [1.807, 2.05) is 72.0 Å². The molecule has 5 nitrogen and oxygen atoms in total. The van der Waals surface area contributed by atoms with Crippen LogP contribution in [-0.2, 0) is 0 Å². The highest BCUT2D eigenvalue weighted by Gasteiger charge is 2.19. The number of anilines is 1. The third-order valence-corrected chi connectivity index (χ3v) is 4.47. The molecule has 4 rings (SSSR count). The summed E-state index contributed by atoms with van der Waals surface area (Å²) >= 11 is 0. The Morgan fingerprint density at radius 3 is 2.48 bits per heavy atom. The zero-order valence-corrected chi connectivity index (χ0v) is 15.1. The number of aromatic nitrogens is 2. The highest BCUT2D eigenvalue weighted by atomic mass is 16.5. The molecule has 0 bridgehead atoms. The quantitative estimate of drug-likeness (QED) is 0.582. The summed E-state index contributed by atoms with van der Waals surface area (Å²) in [6.45, 7) is 1.99. The Hall–Kier alpha value is -3.60. The number of carbonyl (C=O) groups excluding carboxylic acids is 1. The van der Waals surface area contributed by atoms with E-state index < -0.39 is 0 Å². The molecule has 27 heavy (non-hydrogen) atoms. The number of hydrogen-bond acceptors (Lipinski definition) is 3. The first-order valence-corrected chi connectivity index (χ1v) is 8.67. The van der Waals surface area contributed by atoms with E-state index in [0.717, 1.165) is 22.6 Å². The van der Waals surface area contributed by atoms with Gasteiger partial charge in [-0.15, -0.1) is 0 Å². The molecule has 0 saturated carbocycles. The number of ether oxygens (including phenoxy) is 1. The number of para-hydroxylation sites is 1. The topological polar surface area (TPSA) is 55.6 Å². The summed E-state index contributed by atoms with van der Waals surface area (Å²) in [4.78, 5) is 17.7. The lowest BCUT2D eigenvalue weighted by Crippen LogP contribution is -2.15. The van der Waals surface area contributed by atoms with Crippen LogP contribution >= 0.6 is 0 Å². The van der Waals surface area contributed by atoms with Crippen molar-refractivity contribution in [1.29, 1.82) is 0 Å². The number of aryl methyl sites for hydroxylation is 1. The summed E-state index contributed by atoms with van der Waals surface area (Å²) in [6.07, 6.45) is 0. The maximum absolute atomic E-state index is 13.0. The summed E-state index contributed by atoms with van der Waals surface area (Å²) in [6, 6.07) is 22.9. The van der Waals surface area contributed by atoms with Crippen molar-refractivity contribution < 1.29 is 9.53 Å². The predicted octanol–water partition coefficient (Wildman–Crippen LogP) is 4.57. The van der Waals surface area contributed by atoms with Crippen LogP contribution in [0.5, 0.6) is 5.75 Å². The van der Waals surface area contributed by atoms with Gasteiger partial charge in [0.15, 0.2) is 0 Å². The molecule has 0 radical (unpaired) electrons. The van der Waals surface area contributed by atoms with E-state index in [4.69, 9.17) is 9.72 Å². The Bertz CT molecular complexity index is 1120. The van der Waals surface area contributed by atoms with Crippen molar-refractivity contribution in [3.63, 3.8) is 0 Å². The van der Waals surface area contributed by atoms with Crippen LogP contribution in [0.4, 0.5) is 5.82 Å². The number of hydrogen-bond donors (Lipinski definition) is 1. The molecule has 2 heterocycles. The first kappa shape index (κ1) is 16.8. The Kier molecular flexibility index (Phi) is 4.34. The molecule has 134 valence electrons. The summed E-state index contributed by atoms with van der Waals surface area (Å²) in [5.41, 5.74) is 3.91. The lowest BCUT2D eigenvalue weighted by molar-refractivity contribution is 0.102. The Morgan fingerprint density at radius 1 is 0.963 bits per heavy atom. The maximum Gasteiger partial charge on any atom is 0.260 e. The van der Waals surface area contributed by atoms with Crippen molar-refractivity contribution in [3.05, 3.63) is 84.1 Å². The Labute approximate surface area is 157 Å². The molecule has 4 aromatic rings. The number of nitrogens with one attached hydrogen (secondary N) is 1. The standard InChI is InChI=1S/C22H19N3O2/c1-15-9-8-14-19-23-20(16-10-4-3-5-11-16)21(25(15)19)24-22(26)17-12-6-7-13-18(17)27-2/h3-14H,1-2H3,(H,24,26). The van der Waals surface area contributed by atoms with Gasteiger partial charge in [0, 0.05) is 11.3 Å². The van der Waals surface area contributed by atoms with Crippen molar-refractivity contribution >= 4 is 17.4 Å². The van der Waals surface area contributed by atoms with Gasteiger partial charge < -0.3 is 10.1 Å². The SMILES string of the molecule is COc1ccccc1C(=O)Nc1c(-c2ccccc2)nc2cccc(C)n12. The molecule has 0 fully saturated rings. The molecule has 0 atom stereocenters. The number of imidazole rings is 1. The fraction of sp³-hybridized carbons (Fsp3) is 0.0909. The van der Waals surface area contributed by atoms with Crippen molar-refractivity contribution in [2.45, 2.75) is 6.92 Å². The molecule has 0 aliphatic carbocycles. The zero-order chi connectivity index (χ0) is 18.8. The highest BCUT2D eigenvalue weighted by Crippen LogP contribution is 2.30. The second-order valence-corrected chi connectivity index (χ2v) is 6.19. The van der Waals surface area contributed by atoms with Crippen LogP contribution in [0.3, 0.4) is 0 Å². The number of pyridine rings is 1. The average molecular weight is 357 g/mol.